The summed E-state index contributed by atoms with van der Waals surface area (Å²) in [7, 11) is 1.46. The summed E-state index contributed by atoms with van der Waals surface area (Å²) in [5.74, 6) is 0.197. The summed E-state index contributed by atoms with van der Waals surface area (Å²) in [5.41, 5.74) is 5.86. The van der Waals surface area contributed by atoms with Crippen LogP contribution in [0, 0.1) is 0 Å². The first kappa shape index (κ1) is 13.9. The third-order valence-corrected chi connectivity index (χ3v) is 2.89. The zero-order valence-corrected chi connectivity index (χ0v) is 11.3. The molecule has 0 fully saturated rings. The summed E-state index contributed by atoms with van der Waals surface area (Å²) in [4.78, 5) is 26.7. The molecule has 0 aliphatic heterocycles. The SMILES string of the molecule is Cn1c(N)nc(Nc2ccc(Cl)cc2)c(NC=O)c1=O. The van der Waals surface area contributed by atoms with E-state index in [0.717, 1.165) is 4.57 Å². The molecule has 7 nitrogen and oxygen atoms in total. The van der Waals surface area contributed by atoms with Crippen LogP contribution in [0.2, 0.25) is 5.02 Å². The predicted molar refractivity (Wildman–Crippen MR) is 78.3 cm³/mol. The van der Waals surface area contributed by atoms with Crippen molar-refractivity contribution >= 4 is 41.2 Å². The molecule has 1 amide bonds. The molecule has 0 aliphatic carbocycles. The van der Waals surface area contributed by atoms with Crippen molar-refractivity contribution in [1.29, 1.82) is 0 Å². The number of halogens is 1. The van der Waals surface area contributed by atoms with E-state index in [2.05, 4.69) is 15.6 Å². The van der Waals surface area contributed by atoms with Gasteiger partial charge in [0.2, 0.25) is 12.4 Å². The van der Waals surface area contributed by atoms with Crippen LogP contribution in [0.15, 0.2) is 29.1 Å². The molecule has 0 bridgehead atoms. The number of benzene rings is 1. The Morgan fingerprint density at radius 3 is 2.60 bits per heavy atom. The van der Waals surface area contributed by atoms with Crippen molar-refractivity contribution < 1.29 is 4.79 Å². The zero-order valence-electron chi connectivity index (χ0n) is 10.6. The summed E-state index contributed by atoms with van der Waals surface area (Å²) >= 11 is 5.79. The van der Waals surface area contributed by atoms with Gasteiger partial charge in [-0.3, -0.25) is 14.2 Å². The molecule has 2 aromatic rings. The monoisotopic (exact) mass is 293 g/mol. The maximum absolute atomic E-state index is 12.0. The van der Waals surface area contributed by atoms with E-state index in [1.807, 2.05) is 0 Å². The number of nitrogen functional groups attached to an aromatic ring is 1. The highest BCUT2D eigenvalue weighted by atomic mass is 35.5. The molecule has 2 rings (SSSR count). The van der Waals surface area contributed by atoms with Crippen LogP contribution in [0.3, 0.4) is 0 Å². The molecule has 1 aromatic heterocycles. The maximum atomic E-state index is 12.0. The number of nitrogens with zero attached hydrogens (tertiary/aromatic N) is 2. The van der Waals surface area contributed by atoms with Crippen LogP contribution in [0.25, 0.3) is 0 Å². The fourth-order valence-corrected chi connectivity index (χ4v) is 1.69. The van der Waals surface area contributed by atoms with Crippen molar-refractivity contribution in [3.05, 3.63) is 39.6 Å². The number of nitrogens with two attached hydrogens (primary N) is 1. The molecule has 0 spiro atoms. The minimum Gasteiger partial charge on any atom is -0.369 e. The lowest BCUT2D eigenvalue weighted by molar-refractivity contribution is -0.105. The average molecular weight is 294 g/mol. The Morgan fingerprint density at radius 2 is 2.00 bits per heavy atom. The number of carbonyl (C=O) groups is 1. The molecule has 0 atom stereocenters. The maximum Gasteiger partial charge on any atom is 0.280 e. The lowest BCUT2D eigenvalue weighted by Crippen LogP contribution is -2.25. The topological polar surface area (TPSA) is 102 Å². The van der Waals surface area contributed by atoms with Gasteiger partial charge in [-0.2, -0.15) is 4.98 Å². The second kappa shape index (κ2) is 5.62. The van der Waals surface area contributed by atoms with Gasteiger partial charge in [0.1, 0.15) is 0 Å². The van der Waals surface area contributed by atoms with Crippen LogP contribution in [0.5, 0.6) is 0 Å². The van der Waals surface area contributed by atoms with Gasteiger partial charge in [0.15, 0.2) is 11.5 Å². The second-order valence-corrected chi connectivity index (χ2v) is 4.39. The molecule has 0 unspecified atom stereocenters. The number of nitrogens with one attached hydrogen (secondary N) is 2. The Kier molecular flexibility index (Phi) is 3.90. The minimum absolute atomic E-state index is 0.0200. The molecule has 0 aliphatic rings. The standard InChI is InChI=1S/C12H12ClN5O2/c1-18-11(20)9(15-6-19)10(17-12(18)14)16-8-4-2-7(13)3-5-8/h2-6,16H,1H3,(H2,14,17)(H,15,19). The summed E-state index contributed by atoms with van der Waals surface area (Å²) in [6, 6.07) is 6.78. The first-order valence-electron chi connectivity index (χ1n) is 5.62. The Labute approximate surface area is 119 Å². The van der Waals surface area contributed by atoms with Gasteiger partial charge in [-0.25, -0.2) is 0 Å². The highest BCUT2D eigenvalue weighted by Gasteiger charge is 2.13. The van der Waals surface area contributed by atoms with Crippen LogP contribution < -0.4 is 21.9 Å². The number of carbonyl (C=O) groups excluding carboxylic acids is 1. The van der Waals surface area contributed by atoms with Crippen LogP contribution >= 0.6 is 11.6 Å². The number of hydrogen-bond acceptors (Lipinski definition) is 5. The van der Waals surface area contributed by atoms with E-state index in [4.69, 9.17) is 17.3 Å². The van der Waals surface area contributed by atoms with Gasteiger partial charge in [-0.1, -0.05) is 11.6 Å². The predicted octanol–water partition coefficient (Wildman–Crippen LogP) is 1.33. The Bertz CT molecular complexity index is 696. The normalized spacial score (nSPS) is 10.1. The van der Waals surface area contributed by atoms with E-state index in [9.17, 15) is 9.59 Å². The molecule has 4 N–H and O–H groups in total. The summed E-state index contributed by atoms with van der Waals surface area (Å²) in [6.45, 7) is 0. The number of rotatable bonds is 4. The Morgan fingerprint density at radius 1 is 1.35 bits per heavy atom. The summed E-state index contributed by atoms with van der Waals surface area (Å²) < 4.78 is 1.14. The van der Waals surface area contributed by atoms with Gasteiger partial charge in [0, 0.05) is 17.8 Å². The molecule has 0 radical (unpaired) electrons. The van der Waals surface area contributed by atoms with Crippen LogP contribution in [0.4, 0.5) is 23.1 Å². The Hall–Kier alpha value is -2.54. The van der Waals surface area contributed by atoms with Gasteiger partial charge in [0.25, 0.3) is 5.56 Å². The highest BCUT2D eigenvalue weighted by Crippen LogP contribution is 2.22. The van der Waals surface area contributed by atoms with Crippen LogP contribution in [-0.4, -0.2) is 16.0 Å². The van der Waals surface area contributed by atoms with E-state index >= 15 is 0 Å². The molecule has 1 heterocycles. The molecular formula is C12H12ClN5O2. The fraction of sp³-hybridized carbons (Fsp3) is 0.0833. The summed E-state index contributed by atoms with van der Waals surface area (Å²) in [6.07, 6.45) is 0.404. The van der Waals surface area contributed by atoms with Crippen LogP contribution in [-0.2, 0) is 11.8 Å². The number of hydrogen-bond donors (Lipinski definition) is 3. The van der Waals surface area contributed by atoms with E-state index in [-0.39, 0.29) is 17.5 Å². The van der Waals surface area contributed by atoms with E-state index in [1.54, 1.807) is 24.3 Å². The number of aromatic nitrogens is 2. The van der Waals surface area contributed by atoms with Crippen molar-refractivity contribution in [2.24, 2.45) is 7.05 Å². The van der Waals surface area contributed by atoms with Crippen LogP contribution in [0.1, 0.15) is 0 Å². The number of amides is 1. The quantitative estimate of drug-likeness (QED) is 0.738. The molecule has 1 aromatic carbocycles. The zero-order chi connectivity index (χ0) is 14.7. The van der Waals surface area contributed by atoms with Gasteiger partial charge in [-0.05, 0) is 24.3 Å². The van der Waals surface area contributed by atoms with Gasteiger partial charge in [-0.15, -0.1) is 0 Å². The van der Waals surface area contributed by atoms with Crippen molar-refractivity contribution in [2.45, 2.75) is 0 Å². The smallest absolute Gasteiger partial charge is 0.280 e. The van der Waals surface area contributed by atoms with Gasteiger partial charge in [0.05, 0.1) is 0 Å². The minimum atomic E-state index is -0.457. The molecule has 0 saturated heterocycles. The van der Waals surface area contributed by atoms with Crippen molar-refractivity contribution in [1.82, 2.24) is 9.55 Å². The van der Waals surface area contributed by atoms with Crippen molar-refractivity contribution in [3.8, 4) is 0 Å². The Balaban J connectivity index is 2.47. The largest absolute Gasteiger partial charge is 0.369 e. The van der Waals surface area contributed by atoms with E-state index in [0.29, 0.717) is 17.1 Å². The lowest BCUT2D eigenvalue weighted by atomic mass is 10.3. The molecule has 104 valence electrons. The van der Waals surface area contributed by atoms with Gasteiger partial charge < -0.3 is 16.4 Å². The second-order valence-electron chi connectivity index (χ2n) is 3.95. The first-order valence-corrected chi connectivity index (χ1v) is 6.00. The average Bonchev–Trinajstić information content (AvgIpc) is 2.43. The molecular weight excluding hydrogens is 282 g/mol. The third-order valence-electron chi connectivity index (χ3n) is 2.64. The molecule has 20 heavy (non-hydrogen) atoms. The number of anilines is 4. The first-order chi connectivity index (χ1) is 9.52. The van der Waals surface area contributed by atoms with E-state index in [1.165, 1.54) is 7.05 Å². The molecule has 8 heteroatoms. The van der Waals surface area contributed by atoms with E-state index < -0.39 is 5.56 Å². The molecule has 0 saturated carbocycles. The van der Waals surface area contributed by atoms with Gasteiger partial charge >= 0.3 is 0 Å². The van der Waals surface area contributed by atoms with Crippen molar-refractivity contribution in [3.63, 3.8) is 0 Å². The fourth-order valence-electron chi connectivity index (χ4n) is 1.57. The highest BCUT2D eigenvalue weighted by molar-refractivity contribution is 6.30. The van der Waals surface area contributed by atoms with Crippen molar-refractivity contribution in [2.75, 3.05) is 16.4 Å². The lowest BCUT2D eigenvalue weighted by Gasteiger charge is -2.12. The summed E-state index contributed by atoms with van der Waals surface area (Å²) in [5, 5.41) is 5.81. The third kappa shape index (κ3) is 2.72.